The average Bonchev–Trinajstić information content (AvgIpc) is 2.73. The molecule has 1 N–H and O–H groups in total. The fraction of sp³-hybridized carbons (Fsp3) is 0.533. The van der Waals surface area contributed by atoms with Gasteiger partial charge in [0.2, 0.25) is 0 Å². The summed E-state index contributed by atoms with van der Waals surface area (Å²) in [6.45, 7) is 5.98. The molecule has 0 unspecified atom stereocenters. The summed E-state index contributed by atoms with van der Waals surface area (Å²) in [5.41, 5.74) is 5.73. The van der Waals surface area contributed by atoms with Crippen molar-refractivity contribution >= 4 is 23.0 Å². The number of hydrogen-bond donors (Lipinski definition) is 1. The predicted octanol–water partition coefficient (Wildman–Crippen LogP) is 2.86. The highest BCUT2D eigenvalue weighted by Crippen LogP contribution is 2.09. The molecule has 2 heterocycles. The lowest BCUT2D eigenvalue weighted by atomic mass is 10.2. The van der Waals surface area contributed by atoms with Crippen molar-refractivity contribution in [3.63, 3.8) is 0 Å². The number of hydrazone groups is 1. The van der Waals surface area contributed by atoms with E-state index in [9.17, 15) is 0 Å². The smallest absolute Gasteiger partial charge is 0.189 e. The van der Waals surface area contributed by atoms with Crippen molar-refractivity contribution in [2.45, 2.75) is 39.5 Å². The third-order valence-electron chi connectivity index (χ3n) is 3.47. The standard InChI is InChI=1S/C15H22N4S/c1-12-8-7-9-14(16-12)13(2)17-18-15(20)19-10-5-3-4-6-11-19/h7-9H,3-6,10-11H2,1-2H3,(H,18,20). The Kier molecular flexibility index (Phi) is 5.47. The first-order chi connectivity index (χ1) is 9.66. The van der Waals surface area contributed by atoms with Crippen molar-refractivity contribution in [2.24, 2.45) is 5.10 Å². The summed E-state index contributed by atoms with van der Waals surface area (Å²) in [4.78, 5) is 6.66. The Bertz CT molecular complexity index is 490. The van der Waals surface area contributed by atoms with E-state index >= 15 is 0 Å². The Morgan fingerprint density at radius 1 is 1.25 bits per heavy atom. The first kappa shape index (κ1) is 14.9. The molecule has 0 amide bonds. The summed E-state index contributed by atoms with van der Waals surface area (Å²) < 4.78 is 0. The monoisotopic (exact) mass is 290 g/mol. The molecular formula is C15H22N4S. The Hall–Kier alpha value is -1.49. The molecule has 1 saturated heterocycles. The summed E-state index contributed by atoms with van der Waals surface area (Å²) in [6, 6.07) is 5.93. The minimum absolute atomic E-state index is 0.721. The molecule has 4 nitrogen and oxygen atoms in total. The molecule has 108 valence electrons. The van der Waals surface area contributed by atoms with Gasteiger partial charge in [-0.25, -0.2) is 0 Å². The molecule has 0 radical (unpaired) electrons. The van der Waals surface area contributed by atoms with Gasteiger partial charge in [0.25, 0.3) is 0 Å². The van der Waals surface area contributed by atoms with Crippen LogP contribution in [0.2, 0.25) is 0 Å². The van der Waals surface area contributed by atoms with Crippen LogP contribution in [-0.4, -0.2) is 33.8 Å². The lowest BCUT2D eigenvalue weighted by Crippen LogP contribution is -2.38. The maximum atomic E-state index is 5.42. The van der Waals surface area contributed by atoms with Crippen LogP contribution >= 0.6 is 12.2 Å². The number of likely N-dealkylation sites (tertiary alicyclic amines) is 1. The fourth-order valence-corrected chi connectivity index (χ4v) is 2.51. The second-order valence-electron chi connectivity index (χ2n) is 5.18. The van der Waals surface area contributed by atoms with E-state index in [2.05, 4.69) is 20.4 Å². The molecule has 1 fully saturated rings. The molecule has 5 heteroatoms. The third kappa shape index (κ3) is 4.27. The molecule has 1 aromatic heterocycles. The average molecular weight is 290 g/mol. The maximum Gasteiger partial charge on any atom is 0.189 e. The van der Waals surface area contributed by atoms with Gasteiger partial charge in [0.05, 0.1) is 11.4 Å². The molecule has 0 aliphatic carbocycles. The normalized spacial score (nSPS) is 16.7. The number of nitrogens with one attached hydrogen (secondary N) is 1. The summed E-state index contributed by atoms with van der Waals surface area (Å²) in [6.07, 6.45) is 5.02. The molecule has 0 saturated carbocycles. The van der Waals surface area contributed by atoms with Gasteiger partial charge in [-0.3, -0.25) is 10.4 Å². The lowest BCUT2D eigenvalue weighted by Gasteiger charge is -2.22. The zero-order valence-electron chi connectivity index (χ0n) is 12.2. The number of thiocarbonyl (C=S) groups is 1. The number of nitrogens with zero attached hydrogens (tertiary/aromatic N) is 3. The Morgan fingerprint density at radius 3 is 2.60 bits per heavy atom. The number of aromatic nitrogens is 1. The number of hydrogen-bond acceptors (Lipinski definition) is 3. The van der Waals surface area contributed by atoms with Gasteiger partial charge >= 0.3 is 0 Å². The Labute approximate surface area is 126 Å². The minimum Gasteiger partial charge on any atom is -0.348 e. The van der Waals surface area contributed by atoms with E-state index < -0.39 is 0 Å². The van der Waals surface area contributed by atoms with Crippen molar-refractivity contribution in [3.8, 4) is 0 Å². The first-order valence-electron chi connectivity index (χ1n) is 7.20. The van der Waals surface area contributed by atoms with Gasteiger partial charge in [-0.15, -0.1) is 0 Å². The van der Waals surface area contributed by atoms with Crippen LogP contribution in [0.3, 0.4) is 0 Å². The van der Waals surface area contributed by atoms with Gasteiger partial charge < -0.3 is 4.90 Å². The van der Waals surface area contributed by atoms with E-state index in [0.717, 1.165) is 35.3 Å². The van der Waals surface area contributed by atoms with Gasteiger partial charge in [-0.1, -0.05) is 18.9 Å². The minimum atomic E-state index is 0.721. The molecule has 1 aliphatic rings. The van der Waals surface area contributed by atoms with E-state index in [1.54, 1.807) is 0 Å². The molecule has 0 aromatic carbocycles. The molecule has 20 heavy (non-hydrogen) atoms. The highest BCUT2D eigenvalue weighted by Gasteiger charge is 2.11. The second-order valence-corrected chi connectivity index (χ2v) is 5.57. The van der Waals surface area contributed by atoms with Crippen molar-refractivity contribution in [1.82, 2.24) is 15.3 Å². The molecule has 0 atom stereocenters. The van der Waals surface area contributed by atoms with Crippen LogP contribution in [0.1, 0.15) is 44.0 Å². The molecule has 1 aliphatic heterocycles. The quantitative estimate of drug-likeness (QED) is 0.516. The number of aryl methyl sites for hydroxylation is 1. The summed E-state index contributed by atoms with van der Waals surface area (Å²) in [5, 5.41) is 5.08. The van der Waals surface area contributed by atoms with E-state index in [1.807, 2.05) is 32.0 Å². The van der Waals surface area contributed by atoms with E-state index in [4.69, 9.17) is 12.2 Å². The van der Waals surface area contributed by atoms with Gasteiger partial charge in [0.1, 0.15) is 0 Å². The number of rotatable bonds is 2. The Morgan fingerprint density at radius 2 is 1.95 bits per heavy atom. The second kappa shape index (κ2) is 7.33. The largest absolute Gasteiger partial charge is 0.348 e. The topological polar surface area (TPSA) is 40.5 Å². The van der Waals surface area contributed by atoms with E-state index in [1.165, 1.54) is 25.7 Å². The van der Waals surface area contributed by atoms with Crippen LogP contribution in [0.25, 0.3) is 0 Å². The predicted molar refractivity (Wildman–Crippen MR) is 87.0 cm³/mol. The first-order valence-corrected chi connectivity index (χ1v) is 7.61. The van der Waals surface area contributed by atoms with Crippen molar-refractivity contribution in [2.75, 3.05) is 13.1 Å². The molecule has 0 bridgehead atoms. The lowest BCUT2D eigenvalue weighted by molar-refractivity contribution is 0.428. The van der Waals surface area contributed by atoms with Crippen molar-refractivity contribution < 1.29 is 0 Å². The van der Waals surface area contributed by atoms with Crippen LogP contribution in [0.5, 0.6) is 0 Å². The molecule has 1 aromatic rings. The van der Waals surface area contributed by atoms with E-state index in [0.29, 0.717) is 0 Å². The zero-order valence-corrected chi connectivity index (χ0v) is 13.0. The van der Waals surface area contributed by atoms with Crippen LogP contribution in [0, 0.1) is 6.92 Å². The highest BCUT2D eigenvalue weighted by atomic mass is 32.1. The van der Waals surface area contributed by atoms with Crippen molar-refractivity contribution in [1.29, 1.82) is 0 Å². The van der Waals surface area contributed by atoms with Crippen LogP contribution in [0.15, 0.2) is 23.3 Å². The van der Waals surface area contributed by atoms with Gasteiger partial charge in [0, 0.05) is 18.8 Å². The third-order valence-corrected chi connectivity index (χ3v) is 3.82. The summed E-state index contributed by atoms with van der Waals surface area (Å²) in [5.74, 6) is 0. The van der Waals surface area contributed by atoms with Gasteiger partial charge in [-0.2, -0.15) is 5.10 Å². The Balaban J connectivity index is 1.95. The number of pyridine rings is 1. The van der Waals surface area contributed by atoms with Crippen LogP contribution in [-0.2, 0) is 0 Å². The highest BCUT2D eigenvalue weighted by molar-refractivity contribution is 7.80. The van der Waals surface area contributed by atoms with E-state index in [-0.39, 0.29) is 0 Å². The van der Waals surface area contributed by atoms with Crippen LogP contribution in [0.4, 0.5) is 0 Å². The SMILES string of the molecule is CC(=NNC(=S)N1CCCCCC1)c1cccc(C)n1. The fourth-order valence-electron chi connectivity index (χ4n) is 2.28. The summed E-state index contributed by atoms with van der Waals surface area (Å²) in [7, 11) is 0. The van der Waals surface area contributed by atoms with Gasteiger partial charge in [-0.05, 0) is 51.0 Å². The zero-order chi connectivity index (χ0) is 14.4. The van der Waals surface area contributed by atoms with Gasteiger partial charge in [0.15, 0.2) is 5.11 Å². The molecule has 2 rings (SSSR count). The summed E-state index contributed by atoms with van der Waals surface area (Å²) >= 11 is 5.42. The van der Waals surface area contributed by atoms with Crippen LogP contribution < -0.4 is 5.43 Å². The van der Waals surface area contributed by atoms with Crippen molar-refractivity contribution in [3.05, 3.63) is 29.6 Å². The molecular weight excluding hydrogens is 268 g/mol. The molecule has 0 spiro atoms. The maximum absolute atomic E-state index is 5.42.